The lowest BCUT2D eigenvalue weighted by atomic mass is 10.2. The van der Waals surface area contributed by atoms with E-state index < -0.39 is 11.7 Å². The molecule has 0 radical (unpaired) electrons. The second-order valence-electron chi connectivity index (χ2n) is 4.03. The summed E-state index contributed by atoms with van der Waals surface area (Å²) >= 11 is 4.77. The zero-order valence-electron chi connectivity index (χ0n) is 10.9. The van der Waals surface area contributed by atoms with Crippen molar-refractivity contribution in [2.75, 3.05) is 7.05 Å². The number of benzene rings is 2. The molecular formula is C14H11BrF3NOS. The van der Waals surface area contributed by atoms with Gasteiger partial charge in [0.25, 0.3) is 0 Å². The molecule has 2 rings (SSSR count). The molecule has 1 N–H and O–H groups in total. The van der Waals surface area contributed by atoms with Crippen LogP contribution in [0.1, 0.15) is 5.56 Å². The fourth-order valence-corrected chi connectivity index (χ4v) is 2.77. The first-order chi connectivity index (χ1) is 9.90. The largest absolute Gasteiger partial charge is 0.456 e. The molecule has 0 saturated heterocycles. The van der Waals surface area contributed by atoms with Crippen LogP contribution in [0.4, 0.5) is 13.2 Å². The van der Waals surface area contributed by atoms with Gasteiger partial charge in [0.05, 0.1) is 10.0 Å². The Bertz CT molecular complexity index is 634. The maximum atomic E-state index is 12.6. The van der Waals surface area contributed by atoms with E-state index in [1.807, 2.05) is 12.1 Å². The molecule has 0 heterocycles. The first kappa shape index (κ1) is 16.2. The van der Waals surface area contributed by atoms with E-state index in [1.54, 1.807) is 13.1 Å². The molecule has 0 saturated carbocycles. The van der Waals surface area contributed by atoms with E-state index in [0.29, 0.717) is 10.2 Å². The maximum absolute atomic E-state index is 12.6. The van der Waals surface area contributed by atoms with Gasteiger partial charge in [0.15, 0.2) is 0 Å². The lowest BCUT2D eigenvalue weighted by molar-refractivity contribution is -0.137. The molecule has 7 heteroatoms. The van der Waals surface area contributed by atoms with Crippen molar-refractivity contribution in [3.63, 3.8) is 0 Å². The van der Waals surface area contributed by atoms with Crippen molar-refractivity contribution in [3.8, 4) is 11.5 Å². The zero-order chi connectivity index (χ0) is 15.5. The van der Waals surface area contributed by atoms with Crippen LogP contribution in [0.2, 0.25) is 0 Å². The van der Waals surface area contributed by atoms with Gasteiger partial charge < -0.3 is 4.74 Å². The summed E-state index contributed by atoms with van der Waals surface area (Å²) in [4.78, 5) is 0.959. The van der Waals surface area contributed by atoms with Crippen LogP contribution in [0.15, 0.2) is 51.8 Å². The average molecular weight is 378 g/mol. The molecule has 2 aromatic carbocycles. The molecule has 0 bridgehead atoms. The highest BCUT2D eigenvalue weighted by Gasteiger charge is 2.30. The summed E-state index contributed by atoms with van der Waals surface area (Å²) in [6.07, 6.45) is -4.39. The number of rotatable bonds is 4. The zero-order valence-corrected chi connectivity index (χ0v) is 13.3. The van der Waals surface area contributed by atoms with Gasteiger partial charge >= 0.3 is 6.18 Å². The minimum absolute atomic E-state index is 0.138. The fourth-order valence-electron chi connectivity index (χ4n) is 1.61. The summed E-state index contributed by atoms with van der Waals surface area (Å²) in [6, 6.07) is 10.1. The van der Waals surface area contributed by atoms with Crippen LogP contribution in [-0.2, 0) is 6.18 Å². The third kappa shape index (κ3) is 4.39. The standard InChI is InChI=1S/C14H11BrF3NOS/c1-19-21-11-5-6-13(12(15)8-11)20-10-4-2-3-9(7-10)14(16,17)18/h2-8,19H,1H3. The monoisotopic (exact) mass is 377 g/mol. The van der Waals surface area contributed by atoms with Crippen LogP contribution in [0.25, 0.3) is 0 Å². The smallest absolute Gasteiger partial charge is 0.416 e. The molecule has 0 aromatic heterocycles. The van der Waals surface area contributed by atoms with Crippen molar-refractivity contribution in [3.05, 3.63) is 52.5 Å². The number of hydrogen-bond donors (Lipinski definition) is 1. The summed E-state index contributed by atoms with van der Waals surface area (Å²) in [5.41, 5.74) is -0.738. The van der Waals surface area contributed by atoms with Crippen molar-refractivity contribution in [1.82, 2.24) is 4.72 Å². The summed E-state index contributed by atoms with van der Waals surface area (Å²) in [6.45, 7) is 0. The minimum atomic E-state index is -4.39. The van der Waals surface area contributed by atoms with Crippen molar-refractivity contribution in [1.29, 1.82) is 0 Å². The van der Waals surface area contributed by atoms with Crippen LogP contribution < -0.4 is 9.46 Å². The number of nitrogens with one attached hydrogen (secondary N) is 1. The predicted octanol–water partition coefficient (Wildman–Crippen LogP) is 5.49. The lowest BCUT2D eigenvalue weighted by Crippen LogP contribution is -2.04. The van der Waals surface area contributed by atoms with Gasteiger partial charge in [-0.2, -0.15) is 13.2 Å². The quantitative estimate of drug-likeness (QED) is 0.712. The minimum Gasteiger partial charge on any atom is -0.456 e. The van der Waals surface area contributed by atoms with Crippen molar-refractivity contribution < 1.29 is 17.9 Å². The van der Waals surface area contributed by atoms with Gasteiger partial charge in [0.2, 0.25) is 0 Å². The Labute approximate surface area is 133 Å². The van der Waals surface area contributed by atoms with Crippen LogP contribution in [0, 0.1) is 0 Å². The highest BCUT2D eigenvalue weighted by molar-refractivity contribution is 9.10. The molecule has 0 aliphatic carbocycles. The van der Waals surface area contributed by atoms with Crippen LogP contribution in [0.3, 0.4) is 0 Å². The van der Waals surface area contributed by atoms with Gasteiger partial charge in [0.1, 0.15) is 11.5 Å². The van der Waals surface area contributed by atoms with Gasteiger partial charge in [-0.25, -0.2) is 0 Å². The molecule has 0 amide bonds. The molecule has 2 aromatic rings. The maximum Gasteiger partial charge on any atom is 0.416 e. The summed E-state index contributed by atoms with van der Waals surface area (Å²) in [5.74, 6) is 0.592. The van der Waals surface area contributed by atoms with E-state index in [4.69, 9.17) is 4.74 Å². The molecule has 2 nitrogen and oxygen atoms in total. The van der Waals surface area contributed by atoms with E-state index in [9.17, 15) is 13.2 Å². The van der Waals surface area contributed by atoms with Gasteiger partial charge in [-0.05, 0) is 71.3 Å². The second kappa shape index (κ2) is 6.72. The number of alkyl halides is 3. The van der Waals surface area contributed by atoms with Gasteiger partial charge in [-0.15, -0.1) is 0 Å². The van der Waals surface area contributed by atoms with Crippen LogP contribution in [-0.4, -0.2) is 7.05 Å². The van der Waals surface area contributed by atoms with E-state index in [1.165, 1.54) is 24.1 Å². The average Bonchev–Trinajstić information content (AvgIpc) is 2.42. The van der Waals surface area contributed by atoms with E-state index in [2.05, 4.69) is 20.7 Å². The Morgan fingerprint density at radius 1 is 1.14 bits per heavy atom. The SMILES string of the molecule is CNSc1ccc(Oc2cccc(C(F)(F)F)c2)c(Br)c1. The van der Waals surface area contributed by atoms with Crippen LogP contribution in [0.5, 0.6) is 11.5 Å². The Kier molecular flexibility index (Phi) is 5.18. The summed E-state index contributed by atoms with van der Waals surface area (Å²) in [5, 5.41) is 0. The van der Waals surface area contributed by atoms with Crippen molar-refractivity contribution in [2.24, 2.45) is 0 Å². The molecule has 21 heavy (non-hydrogen) atoms. The normalized spacial score (nSPS) is 11.5. The molecule has 112 valence electrons. The second-order valence-corrected chi connectivity index (χ2v) is 5.96. The van der Waals surface area contributed by atoms with E-state index in [-0.39, 0.29) is 5.75 Å². The highest BCUT2D eigenvalue weighted by atomic mass is 79.9. The van der Waals surface area contributed by atoms with Crippen molar-refractivity contribution >= 4 is 27.9 Å². The Balaban J connectivity index is 2.22. The molecule has 0 atom stereocenters. The molecule has 0 fully saturated rings. The van der Waals surface area contributed by atoms with Gasteiger partial charge in [-0.3, -0.25) is 4.72 Å². The van der Waals surface area contributed by atoms with Gasteiger partial charge in [0, 0.05) is 4.90 Å². The van der Waals surface area contributed by atoms with E-state index >= 15 is 0 Å². The number of ether oxygens (including phenoxy) is 1. The summed E-state index contributed by atoms with van der Waals surface area (Å²) < 4.78 is 47.1. The number of halogens is 4. The van der Waals surface area contributed by atoms with Crippen molar-refractivity contribution in [2.45, 2.75) is 11.1 Å². The summed E-state index contributed by atoms with van der Waals surface area (Å²) in [7, 11) is 1.80. The first-order valence-electron chi connectivity index (χ1n) is 5.88. The Hall–Kier alpha value is -1.18. The molecular weight excluding hydrogens is 367 g/mol. The number of hydrogen-bond acceptors (Lipinski definition) is 3. The van der Waals surface area contributed by atoms with Gasteiger partial charge in [-0.1, -0.05) is 6.07 Å². The molecule has 0 aliphatic rings. The predicted molar refractivity (Wildman–Crippen MR) is 80.6 cm³/mol. The topological polar surface area (TPSA) is 21.3 Å². The fraction of sp³-hybridized carbons (Fsp3) is 0.143. The third-order valence-corrected chi connectivity index (χ3v) is 3.83. The first-order valence-corrected chi connectivity index (χ1v) is 7.49. The molecule has 0 aliphatic heterocycles. The molecule has 0 unspecified atom stereocenters. The lowest BCUT2D eigenvalue weighted by Gasteiger charge is -2.11. The molecule has 0 spiro atoms. The highest BCUT2D eigenvalue weighted by Crippen LogP contribution is 2.35. The van der Waals surface area contributed by atoms with Crippen LogP contribution >= 0.6 is 27.9 Å². The Morgan fingerprint density at radius 3 is 2.52 bits per heavy atom. The van der Waals surface area contributed by atoms with E-state index in [0.717, 1.165) is 17.0 Å². The third-order valence-electron chi connectivity index (χ3n) is 2.51. The Morgan fingerprint density at radius 2 is 1.90 bits per heavy atom.